The molecule has 0 atom stereocenters. The largest absolute Gasteiger partial charge is 0.505 e. The van der Waals surface area contributed by atoms with Gasteiger partial charge in [0.1, 0.15) is 22.9 Å². The molecule has 3 aromatic heterocycles. The summed E-state index contributed by atoms with van der Waals surface area (Å²) in [6.45, 7) is 33.1. The number of fused-ring (bicyclic) bond motifs is 2. The second kappa shape index (κ2) is 31.0. The summed E-state index contributed by atoms with van der Waals surface area (Å²) in [7, 11) is -2.75. The van der Waals surface area contributed by atoms with Crippen molar-refractivity contribution in [1.82, 2.24) is 24.1 Å². The number of hydrogen-bond acceptors (Lipinski definition) is 15. The lowest BCUT2D eigenvalue weighted by atomic mass is 10.0. The van der Waals surface area contributed by atoms with Crippen LogP contribution in [0.2, 0.25) is 0 Å². The van der Waals surface area contributed by atoms with Gasteiger partial charge in [0.25, 0.3) is 11.4 Å². The first-order valence-electron chi connectivity index (χ1n) is 29.3. The summed E-state index contributed by atoms with van der Waals surface area (Å²) in [4.78, 5) is 73.8. The van der Waals surface area contributed by atoms with Crippen LogP contribution in [0.4, 0.5) is 66.6 Å². The minimum Gasteiger partial charge on any atom is -0.505 e. The standard InChI is InChI=1S/C27H19N7O4S.C27H33N3O6S.C12H16N4O4/c1-28-22-23(38-27(35)33(20-13-6-4-7-14-20)21-15-8-5-9-16-21)26-31-30-24(34(26)25(22)29-2)18-11-10-12-19(17-18)32-39(3,36)37;1-6-37(34,35)30-21-9-7-8-20-25(21)23(15-22(26(20)32)29-27(33)17(4)5)36-19-12-10-18(11-13-19)28-24(31)14-16(2)3;1-6-7(17)14-9-8(13-2)10(18)16(5)11(9)20-12(19)15(3)4/h4-17,31-32H,3H3;7-13,15-17,30,32H,6,14H2,1-5H3,(H,28,31)(H,29,33);18H,6H2,1,3-5H3,(H,14,17). The number of carbonyl (C=O) groups excluding carboxylic acids is 5. The maximum atomic E-state index is 13.6. The van der Waals surface area contributed by atoms with Crippen LogP contribution in [0, 0.1) is 31.6 Å². The fraction of sp³-hybridized carbons (Fsp3) is 0.227. The summed E-state index contributed by atoms with van der Waals surface area (Å²) in [5, 5.41) is 36.4. The molecule has 0 fully saturated rings. The Labute approximate surface area is 553 Å². The van der Waals surface area contributed by atoms with E-state index in [-0.39, 0.29) is 116 Å². The van der Waals surface area contributed by atoms with Gasteiger partial charge in [0.15, 0.2) is 11.6 Å². The zero-order valence-corrected chi connectivity index (χ0v) is 55.3. The lowest BCUT2D eigenvalue weighted by molar-refractivity contribution is -0.119. The molecule has 3 heterocycles. The number of carbonyl (C=O) groups is 5. The van der Waals surface area contributed by atoms with E-state index in [1.807, 2.05) is 26.0 Å². The number of ether oxygens (including phenoxy) is 3. The molecule has 28 nitrogen and oxygen atoms in total. The van der Waals surface area contributed by atoms with E-state index in [0.29, 0.717) is 51.3 Å². The molecule has 0 aliphatic heterocycles. The highest BCUT2D eigenvalue weighted by atomic mass is 32.2. The third kappa shape index (κ3) is 17.3. The van der Waals surface area contributed by atoms with E-state index in [2.05, 4.69) is 50.1 Å². The highest BCUT2D eigenvalue weighted by Crippen LogP contribution is 2.48. The van der Waals surface area contributed by atoms with E-state index in [0.717, 1.165) is 10.8 Å². The smallest absolute Gasteiger partial charge is 0.423 e. The van der Waals surface area contributed by atoms with E-state index in [1.54, 1.807) is 136 Å². The fourth-order valence-electron chi connectivity index (χ4n) is 8.97. The van der Waals surface area contributed by atoms with Gasteiger partial charge in [-0.2, -0.15) is 0 Å². The van der Waals surface area contributed by atoms with Gasteiger partial charge in [0.2, 0.25) is 60.9 Å². The van der Waals surface area contributed by atoms with Crippen molar-refractivity contribution >= 4 is 123 Å². The number of nitrogens with zero attached hydrogens (tertiary/aromatic N) is 8. The molecule has 0 aliphatic carbocycles. The number of anilines is 7. The van der Waals surface area contributed by atoms with E-state index >= 15 is 0 Å². The Morgan fingerprint density at radius 3 is 1.88 bits per heavy atom. The molecule has 0 radical (unpaired) electrons. The molecular weight excluding hydrogens is 1280 g/mol. The number of aromatic nitrogens is 4. The fourth-order valence-corrected chi connectivity index (χ4v) is 10.2. The Morgan fingerprint density at radius 1 is 0.698 bits per heavy atom. The SMILES string of the molecule is CCS(=O)(=O)Nc1cccc2c(O)c(NC(=O)C(C)C)cc(Oc3ccc(NC(=O)CC(C)C)cc3)c12.[C-]#[N+]c1c(NC(=O)CC)c(OC(=O)N(C)C)n(C)c1O.[C-]#[N+]c1c(OC(=O)N(c2ccccc2)c2ccccc2)c2[nH]nc(-c3cccc(NS(C)(=O)=O)c3)n2c1[N+]#[C-]. The second-order valence-corrected chi connectivity index (χ2v) is 25.7. The quantitative estimate of drug-likeness (QED) is 0.0275. The van der Waals surface area contributed by atoms with E-state index in [9.17, 15) is 51.0 Å². The normalized spacial score (nSPS) is 10.9. The van der Waals surface area contributed by atoms with Crippen molar-refractivity contribution in [3.8, 4) is 46.1 Å². The van der Waals surface area contributed by atoms with E-state index < -0.39 is 32.2 Å². The van der Waals surface area contributed by atoms with Crippen LogP contribution >= 0.6 is 0 Å². The molecule has 0 saturated carbocycles. The molecule has 96 heavy (non-hydrogen) atoms. The van der Waals surface area contributed by atoms with Crippen LogP contribution in [0.15, 0.2) is 133 Å². The highest BCUT2D eigenvalue weighted by molar-refractivity contribution is 7.92. The minimum absolute atomic E-state index is 0.0120. The number of benzene rings is 6. The van der Waals surface area contributed by atoms with Gasteiger partial charge in [-0.3, -0.25) is 28.4 Å². The average Bonchev–Trinajstić information content (AvgIpc) is 1.53. The van der Waals surface area contributed by atoms with Gasteiger partial charge in [-0.05, 0) is 85.6 Å². The van der Waals surface area contributed by atoms with Gasteiger partial charge >= 0.3 is 12.2 Å². The number of amides is 5. The third-order valence-electron chi connectivity index (χ3n) is 13.6. The van der Waals surface area contributed by atoms with Crippen LogP contribution in [0.25, 0.3) is 42.3 Å². The third-order valence-corrected chi connectivity index (χ3v) is 15.5. The van der Waals surface area contributed by atoms with Crippen molar-refractivity contribution in [3.63, 3.8) is 0 Å². The van der Waals surface area contributed by atoms with Gasteiger partial charge in [0, 0.05) is 68.3 Å². The number of sulfonamides is 2. The topological polar surface area (TPSA) is 340 Å². The maximum absolute atomic E-state index is 13.6. The van der Waals surface area contributed by atoms with Crippen LogP contribution < -0.4 is 44.5 Å². The molecule has 0 saturated heterocycles. The van der Waals surface area contributed by atoms with E-state index in [4.69, 9.17) is 33.9 Å². The molecule has 9 rings (SSSR count). The Balaban J connectivity index is 0.000000214. The number of aromatic hydroxyl groups is 2. The molecule has 0 bridgehead atoms. The number of H-pyrrole nitrogens is 1. The van der Waals surface area contributed by atoms with Crippen molar-refractivity contribution < 1.29 is 65.2 Å². The summed E-state index contributed by atoms with van der Waals surface area (Å²) < 4.78 is 72.5. The first-order valence-corrected chi connectivity index (χ1v) is 32.8. The summed E-state index contributed by atoms with van der Waals surface area (Å²) in [6.07, 6.45) is 0.144. The second-order valence-electron chi connectivity index (χ2n) is 21.9. The molecule has 6 aromatic carbocycles. The van der Waals surface area contributed by atoms with Gasteiger partial charge in [-0.15, -0.1) is 5.10 Å². The molecule has 5 amide bonds. The predicted molar refractivity (Wildman–Crippen MR) is 366 cm³/mol. The number of phenols is 1. The molecule has 8 N–H and O–H groups in total. The number of aromatic amines is 1. The Hall–Kier alpha value is -12.1. The molecule has 30 heteroatoms. The molecule has 9 aromatic rings. The number of para-hydroxylation sites is 2. The lowest BCUT2D eigenvalue weighted by Crippen LogP contribution is -2.29. The molecule has 498 valence electrons. The molecule has 0 unspecified atom stereocenters. The monoisotopic (exact) mass is 1340 g/mol. The first-order chi connectivity index (χ1) is 45.5. The Bertz CT molecular complexity index is 4720. The minimum atomic E-state index is -3.63. The van der Waals surface area contributed by atoms with Crippen molar-refractivity contribution in [2.45, 2.75) is 54.4 Å². The zero-order chi connectivity index (χ0) is 70.3. The summed E-state index contributed by atoms with van der Waals surface area (Å²) in [6, 6.07) is 37.1. The van der Waals surface area contributed by atoms with Crippen LogP contribution in [-0.4, -0.2) is 107 Å². The highest BCUT2D eigenvalue weighted by Gasteiger charge is 2.32. The Kier molecular flexibility index (Phi) is 23.1. The van der Waals surface area contributed by atoms with Crippen molar-refractivity contribution in [2.75, 3.05) is 56.4 Å². The zero-order valence-electron chi connectivity index (χ0n) is 53.7. The summed E-state index contributed by atoms with van der Waals surface area (Å²) >= 11 is 0. The van der Waals surface area contributed by atoms with Crippen LogP contribution in [0.5, 0.6) is 34.8 Å². The van der Waals surface area contributed by atoms with Crippen molar-refractivity contribution in [2.24, 2.45) is 18.9 Å². The van der Waals surface area contributed by atoms with Gasteiger partial charge in [-0.1, -0.05) is 95.8 Å². The van der Waals surface area contributed by atoms with Crippen LogP contribution in [-0.2, 0) is 41.5 Å². The van der Waals surface area contributed by atoms with Gasteiger partial charge < -0.3 is 50.1 Å². The molecular formula is C66H68N14O14S2. The number of rotatable bonds is 19. The number of nitrogens with one attached hydrogen (secondary N) is 6. The van der Waals surface area contributed by atoms with E-state index in [1.165, 1.54) is 48.3 Å². The molecule has 0 spiro atoms. The summed E-state index contributed by atoms with van der Waals surface area (Å²) in [5.74, 6) is -1.09. The van der Waals surface area contributed by atoms with Gasteiger partial charge in [-0.25, -0.2) is 50.5 Å². The summed E-state index contributed by atoms with van der Waals surface area (Å²) in [5.41, 5.74) is 2.57. The number of hydrogen-bond donors (Lipinski definition) is 8. The van der Waals surface area contributed by atoms with Crippen LogP contribution in [0.1, 0.15) is 54.4 Å². The van der Waals surface area contributed by atoms with Gasteiger partial charge in [0.05, 0.1) is 53.3 Å². The van der Waals surface area contributed by atoms with Crippen molar-refractivity contribution in [3.05, 3.63) is 168 Å². The lowest BCUT2D eigenvalue weighted by Gasteiger charge is -2.22. The first kappa shape index (κ1) is 71.4. The van der Waals surface area contributed by atoms with Crippen LogP contribution in [0.3, 0.4) is 0 Å². The van der Waals surface area contributed by atoms with Crippen molar-refractivity contribution in [1.29, 1.82) is 0 Å². The Morgan fingerprint density at radius 2 is 1.32 bits per heavy atom. The predicted octanol–water partition coefficient (Wildman–Crippen LogP) is 13.5. The molecule has 0 aliphatic rings. The average molecular weight is 1350 g/mol. The number of phenolic OH excluding ortho intramolecular Hbond substituents is 1. The maximum Gasteiger partial charge on any atom is 0.423 e.